The third-order valence-corrected chi connectivity index (χ3v) is 7.64. The molecule has 1 aliphatic carbocycles. The molecule has 1 amide bonds. The molecule has 1 aromatic carbocycles. The Labute approximate surface area is 191 Å². The van der Waals surface area contributed by atoms with Crippen molar-refractivity contribution in [3.63, 3.8) is 0 Å². The molecule has 1 N–H and O–H groups in total. The monoisotopic (exact) mass is 436 g/mol. The molecule has 5 rings (SSSR count). The second-order valence-corrected chi connectivity index (χ2v) is 9.77. The van der Waals surface area contributed by atoms with Gasteiger partial charge in [-0.15, -0.1) is 0 Å². The first-order valence-electron chi connectivity index (χ1n) is 12.5. The van der Waals surface area contributed by atoms with E-state index in [-0.39, 0.29) is 12.0 Å². The van der Waals surface area contributed by atoms with Crippen molar-refractivity contribution in [2.45, 2.75) is 83.0 Å². The Balaban J connectivity index is 1.35. The molecule has 0 atom stereocenters. The van der Waals surface area contributed by atoms with E-state index in [1.807, 2.05) is 4.90 Å². The number of amides is 1. The summed E-state index contributed by atoms with van der Waals surface area (Å²) in [6.45, 7) is 4.04. The molecule has 0 spiro atoms. The van der Waals surface area contributed by atoms with E-state index in [1.54, 1.807) is 0 Å². The number of aryl methyl sites for hydroxylation is 2. The number of carbonyl (C=O) groups excluding carboxylic acids is 1. The van der Waals surface area contributed by atoms with E-state index in [1.165, 1.54) is 42.5 Å². The summed E-state index contributed by atoms with van der Waals surface area (Å²) >= 11 is 0. The molecule has 0 radical (unpaired) electrons. The van der Waals surface area contributed by atoms with E-state index >= 15 is 0 Å². The Bertz CT molecular complexity index is 911. The Morgan fingerprint density at radius 3 is 2.53 bits per heavy atom. The predicted molar refractivity (Wildman–Crippen MR) is 125 cm³/mol. The molecule has 0 unspecified atom stereocenters. The van der Waals surface area contributed by atoms with Gasteiger partial charge < -0.3 is 10.0 Å². The largest absolute Gasteiger partial charge is 0.393 e. The fourth-order valence-electron chi connectivity index (χ4n) is 5.75. The van der Waals surface area contributed by atoms with Crippen LogP contribution in [0.4, 0.5) is 0 Å². The van der Waals surface area contributed by atoms with Crippen LogP contribution in [0.1, 0.15) is 72.3 Å². The highest BCUT2D eigenvalue weighted by Gasteiger charge is 2.34. The first kappa shape index (κ1) is 21.7. The van der Waals surface area contributed by atoms with Crippen molar-refractivity contribution in [3.8, 4) is 0 Å². The lowest BCUT2D eigenvalue weighted by molar-refractivity contribution is 0.0538. The zero-order chi connectivity index (χ0) is 21.9. The van der Waals surface area contributed by atoms with E-state index in [0.29, 0.717) is 37.7 Å². The Morgan fingerprint density at radius 1 is 1.03 bits per heavy atom. The molecule has 3 aliphatic rings. The molecule has 2 aromatic rings. The Kier molecular flexibility index (Phi) is 6.60. The maximum Gasteiger partial charge on any atom is 0.274 e. The molecule has 2 aliphatic heterocycles. The molecule has 3 heterocycles. The van der Waals surface area contributed by atoms with Gasteiger partial charge in [-0.05, 0) is 44.1 Å². The summed E-state index contributed by atoms with van der Waals surface area (Å²) in [6.07, 6.45) is 9.31. The fourth-order valence-corrected chi connectivity index (χ4v) is 5.75. The lowest BCUT2D eigenvalue weighted by Crippen LogP contribution is -2.41. The van der Waals surface area contributed by atoms with Gasteiger partial charge in [0.2, 0.25) is 0 Å². The molecular weight excluding hydrogens is 400 g/mol. The van der Waals surface area contributed by atoms with Crippen LogP contribution in [-0.4, -0.2) is 62.4 Å². The minimum absolute atomic E-state index is 0.0585. The number of hydrogen-bond acceptors (Lipinski definition) is 4. The second-order valence-electron chi connectivity index (χ2n) is 9.77. The third-order valence-electron chi connectivity index (χ3n) is 7.64. The third kappa shape index (κ3) is 4.62. The van der Waals surface area contributed by atoms with Crippen molar-refractivity contribution in [2.75, 3.05) is 19.6 Å². The van der Waals surface area contributed by atoms with Gasteiger partial charge >= 0.3 is 0 Å². The zero-order valence-corrected chi connectivity index (χ0v) is 19.1. The van der Waals surface area contributed by atoms with E-state index in [4.69, 9.17) is 5.10 Å². The molecule has 1 aromatic heterocycles. The number of likely N-dealkylation sites (tertiary alicyclic amines) is 1. The average molecular weight is 437 g/mol. The topological polar surface area (TPSA) is 61.6 Å². The minimum Gasteiger partial charge on any atom is -0.393 e. The number of piperidine rings is 1. The molecule has 2 fully saturated rings. The van der Waals surface area contributed by atoms with Crippen molar-refractivity contribution < 1.29 is 9.90 Å². The van der Waals surface area contributed by atoms with Crippen LogP contribution >= 0.6 is 0 Å². The standard InChI is InChI=1S/C26H36N4O2/c31-22-12-16-28(17-13-22)26(32)25-23-19-29(21-10-4-5-11-21)18-14-24(23)30(27-25)15-6-9-20-7-2-1-3-8-20/h1-3,7-8,21-22,31H,4-6,9-19H2. The summed E-state index contributed by atoms with van der Waals surface area (Å²) in [5.74, 6) is 0.0585. The zero-order valence-electron chi connectivity index (χ0n) is 19.1. The van der Waals surface area contributed by atoms with Crippen LogP contribution in [0.2, 0.25) is 0 Å². The summed E-state index contributed by atoms with van der Waals surface area (Å²) in [5, 5.41) is 14.8. The molecule has 32 heavy (non-hydrogen) atoms. The number of hydrogen-bond donors (Lipinski definition) is 1. The van der Waals surface area contributed by atoms with Crippen LogP contribution in [0.3, 0.4) is 0 Å². The van der Waals surface area contributed by atoms with Crippen LogP contribution in [0, 0.1) is 0 Å². The first-order chi connectivity index (χ1) is 15.7. The number of benzene rings is 1. The van der Waals surface area contributed by atoms with Gasteiger partial charge in [0.1, 0.15) is 0 Å². The van der Waals surface area contributed by atoms with Crippen molar-refractivity contribution >= 4 is 5.91 Å². The maximum atomic E-state index is 13.5. The van der Waals surface area contributed by atoms with Crippen molar-refractivity contribution in [3.05, 3.63) is 52.8 Å². The van der Waals surface area contributed by atoms with Gasteiger partial charge in [0.15, 0.2) is 5.69 Å². The van der Waals surface area contributed by atoms with E-state index < -0.39 is 0 Å². The average Bonchev–Trinajstić information content (AvgIpc) is 3.48. The highest BCUT2D eigenvalue weighted by molar-refractivity contribution is 5.94. The maximum absolute atomic E-state index is 13.5. The lowest BCUT2D eigenvalue weighted by Gasteiger charge is -2.33. The van der Waals surface area contributed by atoms with Crippen LogP contribution < -0.4 is 0 Å². The number of fused-ring (bicyclic) bond motifs is 1. The van der Waals surface area contributed by atoms with Crippen LogP contribution in [0.15, 0.2) is 30.3 Å². The summed E-state index contributed by atoms with van der Waals surface area (Å²) < 4.78 is 2.14. The van der Waals surface area contributed by atoms with E-state index in [0.717, 1.165) is 38.9 Å². The van der Waals surface area contributed by atoms with E-state index in [9.17, 15) is 9.90 Å². The van der Waals surface area contributed by atoms with Crippen molar-refractivity contribution in [2.24, 2.45) is 0 Å². The lowest BCUT2D eigenvalue weighted by atomic mass is 10.0. The molecule has 1 saturated carbocycles. The number of aromatic nitrogens is 2. The first-order valence-corrected chi connectivity index (χ1v) is 12.5. The SMILES string of the molecule is O=C(c1nn(CCCc2ccccc2)c2c1CN(C1CCCC1)CC2)N1CCC(O)CC1. The summed E-state index contributed by atoms with van der Waals surface area (Å²) in [5.41, 5.74) is 4.45. The quantitative estimate of drug-likeness (QED) is 0.754. The second kappa shape index (κ2) is 9.75. The molecule has 172 valence electrons. The van der Waals surface area contributed by atoms with Gasteiger partial charge in [-0.1, -0.05) is 43.2 Å². The molecule has 6 nitrogen and oxygen atoms in total. The van der Waals surface area contributed by atoms with Gasteiger partial charge in [0, 0.05) is 56.4 Å². The molecule has 1 saturated heterocycles. The van der Waals surface area contributed by atoms with Gasteiger partial charge in [-0.2, -0.15) is 5.10 Å². The number of carbonyl (C=O) groups is 1. The number of nitrogens with zero attached hydrogens (tertiary/aromatic N) is 4. The highest BCUT2D eigenvalue weighted by Crippen LogP contribution is 2.31. The van der Waals surface area contributed by atoms with Gasteiger partial charge in [-0.3, -0.25) is 14.4 Å². The number of aliphatic hydroxyl groups is 1. The normalized spacial score (nSPS) is 20.6. The summed E-state index contributed by atoms with van der Waals surface area (Å²) in [4.78, 5) is 18.0. The summed E-state index contributed by atoms with van der Waals surface area (Å²) in [6, 6.07) is 11.3. The number of aliphatic hydroxyl groups excluding tert-OH is 1. The van der Waals surface area contributed by atoms with Crippen molar-refractivity contribution in [1.82, 2.24) is 19.6 Å². The highest BCUT2D eigenvalue weighted by atomic mass is 16.3. The summed E-state index contributed by atoms with van der Waals surface area (Å²) in [7, 11) is 0. The number of rotatable bonds is 6. The van der Waals surface area contributed by atoms with Crippen LogP contribution in [0.5, 0.6) is 0 Å². The predicted octanol–water partition coefficient (Wildman–Crippen LogP) is 3.41. The van der Waals surface area contributed by atoms with Crippen LogP contribution in [-0.2, 0) is 25.9 Å². The van der Waals surface area contributed by atoms with Crippen molar-refractivity contribution in [1.29, 1.82) is 0 Å². The van der Waals surface area contributed by atoms with Gasteiger partial charge in [-0.25, -0.2) is 0 Å². The Hall–Kier alpha value is -2.18. The minimum atomic E-state index is -0.277. The van der Waals surface area contributed by atoms with Crippen LogP contribution in [0.25, 0.3) is 0 Å². The van der Waals surface area contributed by atoms with E-state index in [2.05, 4.69) is 39.9 Å². The van der Waals surface area contributed by atoms with Gasteiger partial charge in [0.05, 0.1) is 6.10 Å². The fraction of sp³-hybridized carbons (Fsp3) is 0.615. The molecule has 6 heteroatoms. The smallest absolute Gasteiger partial charge is 0.274 e. The van der Waals surface area contributed by atoms with Gasteiger partial charge in [0.25, 0.3) is 5.91 Å². The molecule has 0 bridgehead atoms. The Morgan fingerprint density at radius 2 is 1.78 bits per heavy atom. The molecular formula is C26H36N4O2.